The van der Waals surface area contributed by atoms with E-state index in [0.717, 1.165) is 12.8 Å². The smallest absolute Gasteiger partial charge is 0.0451 e. The van der Waals surface area contributed by atoms with Gasteiger partial charge in [0.1, 0.15) is 0 Å². The minimum atomic E-state index is -1.26. The van der Waals surface area contributed by atoms with Crippen molar-refractivity contribution in [3.63, 3.8) is 0 Å². The molecule has 2 atom stereocenters. The van der Waals surface area contributed by atoms with E-state index in [4.69, 9.17) is 0 Å². The van der Waals surface area contributed by atoms with E-state index in [-0.39, 0.29) is 0 Å². The first-order chi connectivity index (χ1) is 5.63. The topological polar surface area (TPSA) is 80.3 Å². The molecular formula is C8H10O4-2. The Morgan fingerprint density at radius 2 is 1.25 bits per heavy atom. The lowest BCUT2D eigenvalue weighted by atomic mass is 9.79. The second-order valence-corrected chi connectivity index (χ2v) is 3.14. The van der Waals surface area contributed by atoms with Gasteiger partial charge in [-0.1, -0.05) is 12.8 Å². The van der Waals surface area contributed by atoms with Crippen LogP contribution in [-0.2, 0) is 9.59 Å². The number of carboxylic acids is 2. The Balaban J connectivity index is 2.67. The third-order valence-corrected chi connectivity index (χ3v) is 2.37. The normalized spacial score (nSPS) is 29.7. The van der Waals surface area contributed by atoms with Gasteiger partial charge in [-0.2, -0.15) is 0 Å². The van der Waals surface area contributed by atoms with Gasteiger partial charge in [0.25, 0.3) is 0 Å². The summed E-state index contributed by atoms with van der Waals surface area (Å²) in [5.74, 6) is -4.21. The van der Waals surface area contributed by atoms with E-state index < -0.39 is 23.8 Å². The lowest BCUT2D eigenvalue weighted by molar-refractivity contribution is -0.328. The summed E-state index contributed by atoms with van der Waals surface area (Å²) >= 11 is 0. The van der Waals surface area contributed by atoms with Gasteiger partial charge in [-0.25, -0.2) is 0 Å². The molecule has 1 rings (SSSR count). The molecule has 1 aliphatic carbocycles. The Kier molecular flexibility index (Phi) is 2.68. The van der Waals surface area contributed by atoms with Gasteiger partial charge in [-0.15, -0.1) is 0 Å². The van der Waals surface area contributed by atoms with Gasteiger partial charge in [0.2, 0.25) is 0 Å². The predicted octanol–water partition coefficient (Wildman–Crippen LogP) is -1.71. The van der Waals surface area contributed by atoms with Gasteiger partial charge in [0.15, 0.2) is 0 Å². The molecule has 0 N–H and O–H groups in total. The molecule has 0 heterocycles. The predicted molar refractivity (Wildman–Crippen MR) is 35.5 cm³/mol. The zero-order chi connectivity index (χ0) is 9.14. The van der Waals surface area contributed by atoms with E-state index in [1.165, 1.54) is 0 Å². The molecule has 1 aliphatic rings. The summed E-state index contributed by atoms with van der Waals surface area (Å²) in [5, 5.41) is 20.9. The molecule has 68 valence electrons. The molecule has 0 amide bonds. The average Bonchev–Trinajstić information content (AvgIpc) is 2.04. The first-order valence-corrected chi connectivity index (χ1v) is 4.04. The van der Waals surface area contributed by atoms with Gasteiger partial charge in [-0.05, 0) is 12.8 Å². The van der Waals surface area contributed by atoms with Crippen LogP contribution in [0, 0.1) is 11.8 Å². The summed E-state index contributed by atoms with van der Waals surface area (Å²) < 4.78 is 0. The third-order valence-electron chi connectivity index (χ3n) is 2.37. The Labute approximate surface area is 70.2 Å². The highest BCUT2D eigenvalue weighted by Gasteiger charge is 2.26. The van der Waals surface area contributed by atoms with Crippen LogP contribution < -0.4 is 10.2 Å². The SMILES string of the molecule is O=C([O-])[C@H]1CCCC[C@H]1C(=O)[O-]. The van der Waals surface area contributed by atoms with Crippen molar-refractivity contribution in [2.75, 3.05) is 0 Å². The molecule has 0 spiro atoms. The third kappa shape index (κ3) is 1.75. The number of aliphatic carboxylic acids is 2. The number of hydrogen-bond donors (Lipinski definition) is 0. The van der Waals surface area contributed by atoms with Gasteiger partial charge < -0.3 is 19.8 Å². The number of carbonyl (C=O) groups excluding carboxylic acids is 2. The molecule has 12 heavy (non-hydrogen) atoms. The van der Waals surface area contributed by atoms with Crippen LogP contribution in [0.2, 0.25) is 0 Å². The molecule has 0 aliphatic heterocycles. The fourth-order valence-corrected chi connectivity index (χ4v) is 1.70. The van der Waals surface area contributed by atoms with E-state index in [9.17, 15) is 19.8 Å². The van der Waals surface area contributed by atoms with Crippen molar-refractivity contribution < 1.29 is 19.8 Å². The van der Waals surface area contributed by atoms with Gasteiger partial charge >= 0.3 is 0 Å². The maximum Gasteiger partial charge on any atom is 0.0451 e. The molecule has 0 aromatic rings. The summed E-state index contributed by atoms with van der Waals surface area (Å²) in [4.78, 5) is 20.9. The molecule has 1 fully saturated rings. The number of carboxylic acid groups (broad SMARTS) is 2. The summed E-state index contributed by atoms with van der Waals surface area (Å²) in [6.45, 7) is 0. The summed E-state index contributed by atoms with van der Waals surface area (Å²) in [7, 11) is 0. The van der Waals surface area contributed by atoms with Crippen LogP contribution in [0.1, 0.15) is 25.7 Å². The minimum Gasteiger partial charge on any atom is -0.550 e. The second-order valence-electron chi connectivity index (χ2n) is 3.14. The molecule has 0 unspecified atom stereocenters. The van der Waals surface area contributed by atoms with E-state index in [1.54, 1.807) is 0 Å². The lowest BCUT2D eigenvalue weighted by Gasteiger charge is -2.32. The largest absolute Gasteiger partial charge is 0.550 e. The van der Waals surface area contributed by atoms with Crippen LogP contribution in [0.25, 0.3) is 0 Å². The van der Waals surface area contributed by atoms with Gasteiger partial charge in [-0.3, -0.25) is 0 Å². The van der Waals surface area contributed by atoms with Crippen molar-refractivity contribution in [2.45, 2.75) is 25.7 Å². The molecule has 4 heteroatoms. The van der Waals surface area contributed by atoms with Crippen LogP contribution in [0.15, 0.2) is 0 Å². The molecule has 1 saturated carbocycles. The molecule has 0 aromatic heterocycles. The highest BCUT2D eigenvalue weighted by Crippen LogP contribution is 2.28. The van der Waals surface area contributed by atoms with Crippen molar-refractivity contribution >= 4 is 11.9 Å². The Morgan fingerprint density at radius 1 is 0.917 bits per heavy atom. The zero-order valence-electron chi connectivity index (χ0n) is 6.62. The monoisotopic (exact) mass is 170 g/mol. The highest BCUT2D eigenvalue weighted by atomic mass is 16.4. The van der Waals surface area contributed by atoms with Crippen LogP contribution >= 0.6 is 0 Å². The molecule has 0 saturated heterocycles. The molecule has 4 nitrogen and oxygen atoms in total. The summed E-state index contributed by atoms with van der Waals surface area (Å²) in [6, 6.07) is 0. The molecule has 0 aromatic carbocycles. The summed E-state index contributed by atoms with van der Waals surface area (Å²) in [5.41, 5.74) is 0. The number of hydrogen-bond acceptors (Lipinski definition) is 4. The fraction of sp³-hybridized carbons (Fsp3) is 0.750. The highest BCUT2D eigenvalue weighted by molar-refractivity contribution is 5.77. The fourth-order valence-electron chi connectivity index (χ4n) is 1.70. The van der Waals surface area contributed by atoms with E-state index in [0.29, 0.717) is 12.8 Å². The molecule has 0 radical (unpaired) electrons. The average molecular weight is 170 g/mol. The lowest BCUT2D eigenvalue weighted by Crippen LogP contribution is -2.45. The van der Waals surface area contributed by atoms with Gasteiger partial charge in [0.05, 0.1) is 0 Å². The van der Waals surface area contributed by atoms with Crippen LogP contribution in [0.5, 0.6) is 0 Å². The van der Waals surface area contributed by atoms with E-state index in [1.807, 2.05) is 0 Å². The molecule has 0 bridgehead atoms. The zero-order valence-corrected chi connectivity index (χ0v) is 6.62. The number of rotatable bonds is 2. The summed E-state index contributed by atoms with van der Waals surface area (Å²) in [6.07, 6.45) is 2.34. The van der Waals surface area contributed by atoms with E-state index >= 15 is 0 Å². The van der Waals surface area contributed by atoms with Crippen molar-refractivity contribution in [1.29, 1.82) is 0 Å². The van der Waals surface area contributed by atoms with E-state index in [2.05, 4.69) is 0 Å². The van der Waals surface area contributed by atoms with Crippen LogP contribution in [0.4, 0.5) is 0 Å². The van der Waals surface area contributed by atoms with Crippen LogP contribution in [-0.4, -0.2) is 11.9 Å². The Morgan fingerprint density at radius 3 is 1.50 bits per heavy atom. The first-order valence-electron chi connectivity index (χ1n) is 4.04. The quantitative estimate of drug-likeness (QED) is 0.494. The Hall–Kier alpha value is -1.06. The van der Waals surface area contributed by atoms with Crippen molar-refractivity contribution in [1.82, 2.24) is 0 Å². The standard InChI is InChI=1S/C8H12O4/c9-7(10)5-3-1-2-4-6(5)8(11)12/h5-6H,1-4H2,(H,9,10)(H,11,12)/p-2/t5-,6+. The van der Waals surface area contributed by atoms with Gasteiger partial charge in [0, 0.05) is 23.8 Å². The van der Waals surface area contributed by atoms with Crippen molar-refractivity contribution in [3.05, 3.63) is 0 Å². The van der Waals surface area contributed by atoms with Crippen molar-refractivity contribution in [3.8, 4) is 0 Å². The minimum absolute atomic E-state index is 0.404. The maximum atomic E-state index is 10.5. The Bertz CT molecular complexity index is 177. The first kappa shape index (κ1) is 9.03. The number of carbonyl (C=O) groups is 2. The van der Waals surface area contributed by atoms with Crippen molar-refractivity contribution in [2.24, 2.45) is 11.8 Å². The van der Waals surface area contributed by atoms with Crippen LogP contribution in [0.3, 0.4) is 0 Å². The maximum absolute atomic E-state index is 10.5. The second kappa shape index (κ2) is 3.56. The molecular weight excluding hydrogens is 160 g/mol.